The molecule has 2 aromatic carbocycles. The molecular weight excluding hydrogens is 527 g/mol. The predicted octanol–water partition coefficient (Wildman–Crippen LogP) is 4.95. The molecule has 1 atom stereocenters. The fourth-order valence-electron chi connectivity index (χ4n) is 6.00. The Kier molecular flexibility index (Phi) is 7.57. The van der Waals surface area contributed by atoms with Crippen molar-refractivity contribution in [2.75, 3.05) is 26.7 Å². The Hall–Kier alpha value is -4.05. The second-order valence-corrected chi connectivity index (χ2v) is 10.8. The summed E-state index contributed by atoms with van der Waals surface area (Å²) in [4.78, 5) is 33.5. The topological polar surface area (TPSA) is 99.7 Å². The second kappa shape index (κ2) is 11.4. The van der Waals surface area contributed by atoms with Gasteiger partial charge in [0.05, 0.1) is 18.4 Å². The molecule has 0 amide bonds. The third kappa shape index (κ3) is 5.48. The lowest BCUT2D eigenvalue weighted by molar-refractivity contribution is 0.0199. The first-order valence-corrected chi connectivity index (χ1v) is 14.1. The van der Waals surface area contributed by atoms with E-state index in [4.69, 9.17) is 19.0 Å². The van der Waals surface area contributed by atoms with Crippen LogP contribution < -0.4 is 10.3 Å². The lowest BCUT2D eigenvalue weighted by atomic mass is 9.91. The Morgan fingerprint density at radius 1 is 1.10 bits per heavy atom. The van der Waals surface area contributed by atoms with Crippen molar-refractivity contribution in [3.8, 4) is 5.75 Å². The van der Waals surface area contributed by atoms with Crippen LogP contribution in [-0.4, -0.2) is 52.3 Å². The number of ether oxygens (including phenoxy) is 2. The molecule has 9 nitrogen and oxygen atoms in total. The van der Waals surface area contributed by atoms with E-state index in [1.807, 2.05) is 6.92 Å². The number of aryl methyl sites for hydroxylation is 1. The predicted molar refractivity (Wildman–Crippen MR) is 150 cm³/mol. The van der Waals surface area contributed by atoms with Gasteiger partial charge in [-0.2, -0.15) is 0 Å². The van der Waals surface area contributed by atoms with Crippen LogP contribution in [0.15, 0.2) is 51.8 Å². The number of benzene rings is 2. The van der Waals surface area contributed by atoms with Gasteiger partial charge in [0.1, 0.15) is 11.6 Å². The van der Waals surface area contributed by atoms with Crippen molar-refractivity contribution in [1.82, 2.24) is 19.6 Å². The molecule has 0 spiro atoms. The van der Waals surface area contributed by atoms with E-state index in [2.05, 4.69) is 10.1 Å². The number of likely N-dealkylation sites (tertiary alicyclic amines) is 1. The summed E-state index contributed by atoms with van der Waals surface area (Å²) < 4.78 is 31.5. The first-order chi connectivity index (χ1) is 19.9. The van der Waals surface area contributed by atoms with Crippen molar-refractivity contribution >= 4 is 16.9 Å². The third-order valence-corrected chi connectivity index (χ3v) is 8.32. The van der Waals surface area contributed by atoms with Crippen molar-refractivity contribution in [2.24, 2.45) is 0 Å². The number of methoxy groups -OCH3 is 1. The number of esters is 1. The van der Waals surface area contributed by atoms with Gasteiger partial charge in [0.15, 0.2) is 17.5 Å². The molecular formula is C31H33FN4O5. The molecule has 41 heavy (non-hydrogen) atoms. The quantitative estimate of drug-likeness (QED) is 0.293. The Morgan fingerprint density at radius 3 is 2.63 bits per heavy atom. The number of piperidine rings is 1. The monoisotopic (exact) mass is 560 g/mol. The van der Waals surface area contributed by atoms with Crippen molar-refractivity contribution in [3.05, 3.63) is 87.0 Å². The van der Waals surface area contributed by atoms with Gasteiger partial charge in [-0.1, -0.05) is 5.16 Å². The van der Waals surface area contributed by atoms with Crippen LogP contribution in [0, 0.1) is 12.7 Å². The number of carbonyl (C=O) groups is 1. The van der Waals surface area contributed by atoms with Gasteiger partial charge in [-0.3, -0.25) is 9.36 Å². The van der Waals surface area contributed by atoms with Gasteiger partial charge in [0.2, 0.25) is 0 Å². The van der Waals surface area contributed by atoms with Gasteiger partial charge in [0, 0.05) is 41.7 Å². The van der Waals surface area contributed by atoms with Crippen LogP contribution >= 0.6 is 0 Å². The summed E-state index contributed by atoms with van der Waals surface area (Å²) in [6, 6.07) is 11.3. The number of rotatable bonds is 7. The number of carbonyl (C=O) groups excluding carboxylic acids is 1. The minimum absolute atomic E-state index is 0.0473. The maximum atomic E-state index is 13.5. The van der Waals surface area contributed by atoms with E-state index in [1.54, 1.807) is 42.0 Å². The van der Waals surface area contributed by atoms with E-state index in [1.165, 1.54) is 12.1 Å². The zero-order valence-electron chi connectivity index (χ0n) is 23.3. The van der Waals surface area contributed by atoms with Gasteiger partial charge in [-0.05, 0) is 88.5 Å². The van der Waals surface area contributed by atoms with Crippen LogP contribution in [-0.2, 0) is 17.7 Å². The largest absolute Gasteiger partial charge is 0.497 e. The van der Waals surface area contributed by atoms with Crippen molar-refractivity contribution in [1.29, 1.82) is 0 Å². The van der Waals surface area contributed by atoms with Gasteiger partial charge in [-0.25, -0.2) is 14.2 Å². The first-order valence-electron chi connectivity index (χ1n) is 14.1. The van der Waals surface area contributed by atoms with Crippen LogP contribution in [0.3, 0.4) is 0 Å². The molecule has 0 saturated carbocycles. The molecule has 10 heteroatoms. The summed E-state index contributed by atoms with van der Waals surface area (Å²) in [5.74, 6) is 0.657. The zero-order valence-corrected chi connectivity index (χ0v) is 23.3. The Balaban J connectivity index is 1.10. The van der Waals surface area contributed by atoms with E-state index < -0.39 is 12.1 Å². The summed E-state index contributed by atoms with van der Waals surface area (Å²) in [7, 11) is 1.57. The number of hydrogen-bond acceptors (Lipinski definition) is 8. The van der Waals surface area contributed by atoms with Gasteiger partial charge in [0.25, 0.3) is 5.56 Å². The number of halogens is 1. The van der Waals surface area contributed by atoms with Crippen LogP contribution in [0.2, 0.25) is 0 Å². The summed E-state index contributed by atoms with van der Waals surface area (Å²) >= 11 is 0. The molecule has 2 aliphatic heterocycles. The minimum Gasteiger partial charge on any atom is -0.497 e. The highest BCUT2D eigenvalue weighted by atomic mass is 19.1. The summed E-state index contributed by atoms with van der Waals surface area (Å²) in [5, 5.41) is 5.12. The maximum absolute atomic E-state index is 13.5. The van der Waals surface area contributed by atoms with Gasteiger partial charge >= 0.3 is 5.97 Å². The lowest BCUT2D eigenvalue weighted by Crippen LogP contribution is -2.38. The summed E-state index contributed by atoms with van der Waals surface area (Å²) in [6.07, 6.45) is 3.22. The molecule has 4 aromatic rings. The number of hydrogen-bond donors (Lipinski definition) is 0. The van der Waals surface area contributed by atoms with Gasteiger partial charge < -0.3 is 18.9 Å². The second-order valence-electron chi connectivity index (χ2n) is 10.8. The average Bonchev–Trinajstić information content (AvgIpc) is 3.41. The van der Waals surface area contributed by atoms with Crippen LogP contribution in [0.4, 0.5) is 4.39 Å². The average molecular weight is 561 g/mol. The Bertz CT molecular complexity index is 1620. The minimum atomic E-state index is -0.568. The fourth-order valence-corrected chi connectivity index (χ4v) is 6.00. The molecule has 2 aliphatic rings. The molecule has 4 heterocycles. The summed E-state index contributed by atoms with van der Waals surface area (Å²) in [6.45, 7) is 4.93. The SMILES string of the molecule is COc1ccc(C(=O)OC2CCCn3c2nc(C)c(CCN2CCC(c4noc5cc(F)ccc45)CC2)c3=O)cc1. The smallest absolute Gasteiger partial charge is 0.338 e. The molecule has 1 saturated heterocycles. The fraction of sp³-hybridized carbons (Fsp3) is 0.419. The van der Waals surface area contributed by atoms with Crippen molar-refractivity contribution in [3.63, 3.8) is 0 Å². The van der Waals surface area contributed by atoms with E-state index in [0.717, 1.165) is 50.0 Å². The highest BCUT2D eigenvalue weighted by Crippen LogP contribution is 2.33. The molecule has 0 radical (unpaired) electrons. The Labute approximate surface area is 236 Å². The molecule has 1 unspecified atom stereocenters. The number of aromatic nitrogens is 3. The van der Waals surface area contributed by atoms with Crippen LogP contribution in [0.25, 0.3) is 11.0 Å². The lowest BCUT2D eigenvalue weighted by Gasteiger charge is -2.31. The number of fused-ring (bicyclic) bond motifs is 2. The molecule has 6 rings (SSSR count). The highest BCUT2D eigenvalue weighted by Gasteiger charge is 2.29. The summed E-state index contributed by atoms with van der Waals surface area (Å²) in [5.41, 5.74) is 3.15. The van der Waals surface area contributed by atoms with Crippen molar-refractivity contribution < 1.29 is 23.2 Å². The molecule has 1 fully saturated rings. The molecule has 2 aromatic heterocycles. The highest BCUT2D eigenvalue weighted by molar-refractivity contribution is 5.89. The van der Waals surface area contributed by atoms with Crippen molar-refractivity contribution in [2.45, 2.75) is 57.6 Å². The Morgan fingerprint density at radius 2 is 1.88 bits per heavy atom. The van der Waals surface area contributed by atoms with Crippen LogP contribution in [0.1, 0.15) is 70.8 Å². The number of nitrogens with zero attached hydrogens (tertiary/aromatic N) is 4. The molecule has 0 aliphatic carbocycles. The van der Waals surface area contributed by atoms with E-state index in [0.29, 0.717) is 53.4 Å². The van der Waals surface area contributed by atoms with E-state index >= 15 is 0 Å². The first kappa shape index (κ1) is 27.1. The third-order valence-electron chi connectivity index (χ3n) is 8.32. The van der Waals surface area contributed by atoms with E-state index in [9.17, 15) is 14.0 Å². The zero-order chi connectivity index (χ0) is 28.5. The van der Waals surface area contributed by atoms with Gasteiger partial charge in [-0.15, -0.1) is 0 Å². The maximum Gasteiger partial charge on any atom is 0.338 e. The normalized spacial score (nSPS) is 17.9. The standard InChI is InChI=1S/C31H33FN4O5/c1-19-24(13-17-35-15-11-20(12-16-35)28-25-10-7-22(32)18-27(25)41-34-28)30(37)36-14-3-4-26(29(36)33-19)40-31(38)21-5-8-23(39-2)9-6-21/h5-10,18,20,26H,3-4,11-17H2,1-2H3. The molecule has 0 bridgehead atoms. The molecule has 214 valence electrons. The van der Waals surface area contributed by atoms with E-state index in [-0.39, 0.29) is 17.3 Å². The van der Waals surface area contributed by atoms with Crippen LogP contribution in [0.5, 0.6) is 5.75 Å². The molecule has 0 N–H and O–H groups in total.